The second-order valence-electron chi connectivity index (χ2n) is 5.84. The third-order valence-electron chi connectivity index (χ3n) is 4.20. The molecule has 0 bridgehead atoms. The van der Waals surface area contributed by atoms with Crippen molar-refractivity contribution in [1.29, 1.82) is 0 Å². The molecule has 6 nitrogen and oxygen atoms in total. The Balaban J connectivity index is 1.76. The van der Waals surface area contributed by atoms with Gasteiger partial charge in [-0.3, -0.25) is 9.69 Å². The Kier molecular flexibility index (Phi) is 3.63. The number of aromatic amines is 1. The normalized spacial score (nSPS) is 19.3. The van der Waals surface area contributed by atoms with Gasteiger partial charge in [-0.05, 0) is 39.3 Å². The maximum atomic E-state index is 12.5. The summed E-state index contributed by atoms with van der Waals surface area (Å²) in [5.41, 5.74) is 2.78. The molecule has 0 amide bonds. The molecule has 1 aliphatic heterocycles. The number of hydrogen-bond donors (Lipinski definition) is 1. The van der Waals surface area contributed by atoms with Gasteiger partial charge < -0.3 is 9.55 Å². The number of nitrogens with one attached hydrogen (secondary N) is 1. The molecular formula is C15H21N5O. The summed E-state index contributed by atoms with van der Waals surface area (Å²) in [6.07, 6.45) is 3.84. The van der Waals surface area contributed by atoms with Crippen molar-refractivity contribution in [1.82, 2.24) is 24.6 Å². The Morgan fingerprint density at radius 2 is 2.29 bits per heavy atom. The molecule has 6 heteroatoms. The van der Waals surface area contributed by atoms with Crippen LogP contribution in [0.4, 0.5) is 0 Å². The van der Waals surface area contributed by atoms with E-state index in [9.17, 15) is 4.79 Å². The van der Waals surface area contributed by atoms with Crippen LogP contribution in [0.15, 0.2) is 12.4 Å². The van der Waals surface area contributed by atoms with Crippen molar-refractivity contribution in [3.63, 3.8) is 0 Å². The quantitative estimate of drug-likeness (QED) is 0.870. The number of Topliss-reactive ketones (excluding diaryl/α,β-unsaturated/α-hetero) is 1. The largest absolute Gasteiger partial charge is 0.362 e. The predicted molar refractivity (Wildman–Crippen MR) is 79.1 cm³/mol. The number of ketones is 1. The van der Waals surface area contributed by atoms with E-state index in [1.807, 2.05) is 31.5 Å². The number of aromatic nitrogens is 4. The third kappa shape index (κ3) is 2.63. The molecule has 1 saturated heterocycles. The number of likely N-dealkylation sites (tertiary alicyclic amines) is 1. The number of aryl methyl sites for hydroxylation is 3. The highest BCUT2D eigenvalue weighted by Gasteiger charge is 2.31. The lowest BCUT2D eigenvalue weighted by Gasteiger charge is -2.22. The number of rotatable bonds is 4. The monoisotopic (exact) mass is 287 g/mol. The first-order valence-electron chi connectivity index (χ1n) is 7.33. The van der Waals surface area contributed by atoms with Crippen LogP contribution in [-0.2, 0) is 7.05 Å². The van der Waals surface area contributed by atoms with Gasteiger partial charge in [0.05, 0.1) is 12.6 Å². The van der Waals surface area contributed by atoms with E-state index in [4.69, 9.17) is 0 Å². The predicted octanol–water partition coefficient (Wildman–Crippen LogP) is 1.78. The molecular weight excluding hydrogens is 266 g/mol. The average molecular weight is 287 g/mol. The van der Waals surface area contributed by atoms with Gasteiger partial charge in [0.15, 0.2) is 5.78 Å². The van der Waals surface area contributed by atoms with E-state index in [2.05, 4.69) is 20.1 Å². The molecule has 0 saturated carbocycles. The van der Waals surface area contributed by atoms with E-state index in [1.165, 1.54) is 0 Å². The van der Waals surface area contributed by atoms with Gasteiger partial charge in [0.1, 0.15) is 12.2 Å². The van der Waals surface area contributed by atoms with Gasteiger partial charge in [-0.1, -0.05) is 0 Å². The maximum Gasteiger partial charge on any atom is 0.178 e. The third-order valence-corrected chi connectivity index (χ3v) is 4.20. The molecule has 3 heterocycles. The van der Waals surface area contributed by atoms with Crippen molar-refractivity contribution >= 4 is 5.78 Å². The molecule has 1 fully saturated rings. The minimum atomic E-state index is 0.172. The Morgan fingerprint density at radius 1 is 1.48 bits per heavy atom. The highest BCUT2D eigenvalue weighted by Crippen LogP contribution is 2.30. The Morgan fingerprint density at radius 3 is 2.90 bits per heavy atom. The van der Waals surface area contributed by atoms with Crippen LogP contribution < -0.4 is 0 Å². The molecule has 2 aromatic heterocycles. The van der Waals surface area contributed by atoms with Crippen molar-refractivity contribution < 1.29 is 4.79 Å². The fourth-order valence-corrected chi connectivity index (χ4v) is 3.18. The van der Waals surface area contributed by atoms with Gasteiger partial charge in [-0.15, -0.1) is 10.2 Å². The zero-order chi connectivity index (χ0) is 15.0. The molecule has 112 valence electrons. The van der Waals surface area contributed by atoms with Crippen LogP contribution in [0.5, 0.6) is 0 Å². The number of H-pyrrole nitrogens is 1. The fraction of sp³-hybridized carbons (Fsp3) is 0.533. The maximum absolute atomic E-state index is 12.5. The van der Waals surface area contributed by atoms with E-state index in [-0.39, 0.29) is 11.8 Å². The number of carbonyl (C=O) groups is 1. The number of nitrogens with zero attached hydrogens (tertiary/aromatic N) is 4. The molecule has 1 unspecified atom stereocenters. The Labute approximate surface area is 124 Å². The van der Waals surface area contributed by atoms with Crippen LogP contribution in [0.2, 0.25) is 0 Å². The van der Waals surface area contributed by atoms with Crippen molar-refractivity contribution in [3.8, 4) is 0 Å². The topological polar surface area (TPSA) is 66.8 Å². The SMILES string of the molecule is Cc1cc(C(=O)CN2CCCC2c2nncn2C)c(C)[nH]1. The second kappa shape index (κ2) is 5.44. The smallest absolute Gasteiger partial charge is 0.178 e. The summed E-state index contributed by atoms with van der Waals surface area (Å²) < 4.78 is 1.94. The first-order chi connectivity index (χ1) is 10.1. The Bertz CT molecular complexity index is 657. The van der Waals surface area contributed by atoms with Crippen molar-refractivity contribution in [2.75, 3.05) is 13.1 Å². The lowest BCUT2D eigenvalue weighted by atomic mass is 10.1. The van der Waals surface area contributed by atoms with Crippen LogP contribution in [0.25, 0.3) is 0 Å². The summed E-state index contributed by atoms with van der Waals surface area (Å²) in [5, 5.41) is 8.16. The molecule has 0 aliphatic carbocycles. The molecule has 1 aliphatic rings. The number of hydrogen-bond acceptors (Lipinski definition) is 4. The summed E-state index contributed by atoms with van der Waals surface area (Å²) in [5.74, 6) is 1.12. The molecule has 21 heavy (non-hydrogen) atoms. The molecule has 0 spiro atoms. The molecule has 1 N–H and O–H groups in total. The van der Waals surface area contributed by atoms with Gasteiger partial charge in [0.2, 0.25) is 0 Å². The minimum absolute atomic E-state index is 0.172. The van der Waals surface area contributed by atoms with E-state index < -0.39 is 0 Å². The average Bonchev–Trinajstić information content (AvgIpc) is 3.10. The van der Waals surface area contributed by atoms with Crippen molar-refractivity contribution in [2.24, 2.45) is 7.05 Å². The highest BCUT2D eigenvalue weighted by molar-refractivity contribution is 5.98. The lowest BCUT2D eigenvalue weighted by molar-refractivity contribution is 0.0917. The molecule has 0 aromatic carbocycles. The van der Waals surface area contributed by atoms with Crippen LogP contribution in [0, 0.1) is 13.8 Å². The molecule has 0 radical (unpaired) electrons. The first-order valence-corrected chi connectivity index (χ1v) is 7.33. The van der Waals surface area contributed by atoms with Crippen molar-refractivity contribution in [2.45, 2.75) is 32.7 Å². The summed E-state index contributed by atoms with van der Waals surface area (Å²) in [7, 11) is 1.95. The van der Waals surface area contributed by atoms with E-state index in [0.29, 0.717) is 6.54 Å². The van der Waals surface area contributed by atoms with Gasteiger partial charge in [0.25, 0.3) is 0 Å². The van der Waals surface area contributed by atoms with Crippen LogP contribution in [0.3, 0.4) is 0 Å². The van der Waals surface area contributed by atoms with Gasteiger partial charge >= 0.3 is 0 Å². The van der Waals surface area contributed by atoms with Crippen molar-refractivity contribution in [3.05, 3.63) is 35.2 Å². The standard InChI is InChI=1S/C15H21N5O/c1-10-7-12(11(2)17-10)14(21)8-20-6-4-5-13(20)15-18-16-9-19(15)3/h7,9,13,17H,4-6,8H2,1-3H3. The molecule has 1 atom stereocenters. The zero-order valence-electron chi connectivity index (χ0n) is 12.8. The summed E-state index contributed by atoms with van der Waals surface area (Å²) >= 11 is 0. The van der Waals surface area contributed by atoms with Crippen LogP contribution >= 0.6 is 0 Å². The van der Waals surface area contributed by atoms with E-state index in [1.54, 1.807) is 6.33 Å². The van der Waals surface area contributed by atoms with Gasteiger partial charge in [0, 0.05) is 24.0 Å². The van der Waals surface area contributed by atoms with Crippen LogP contribution in [-0.4, -0.2) is 43.5 Å². The minimum Gasteiger partial charge on any atom is -0.362 e. The van der Waals surface area contributed by atoms with Crippen LogP contribution in [0.1, 0.15) is 46.5 Å². The highest BCUT2D eigenvalue weighted by atomic mass is 16.1. The van der Waals surface area contributed by atoms with E-state index in [0.717, 1.165) is 42.2 Å². The van der Waals surface area contributed by atoms with E-state index >= 15 is 0 Å². The first kappa shape index (κ1) is 14.0. The lowest BCUT2D eigenvalue weighted by Crippen LogP contribution is -2.31. The molecule has 2 aromatic rings. The summed E-state index contributed by atoms with van der Waals surface area (Å²) in [4.78, 5) is 17.9. The van der Waals surface area contributed by atoms with Gasteiger partial charge in [-0.2, -0.15) is 0 Å². The fourth-order valence-electron chi connectivity index (χ4n) is 3.18. The van der Waals surface area contributed by atoms with Gasteiger partial charge in [-0.25, -0.2) is 0 Å². The Hall–Kier alpha value is -1.95. The number of carbonyl (C=O) groups excluding carboxylic acids is 1. The second-order valence-corrected chi connectivity index (χ2v) is 5.84. The summed E-state index contributed by atoms with van der Waals surface area (Å²) in [6, 6.07) is 2.13. The molecule has 3 rings (SSSR count). The summed E-state index contributed by atoms with van der Waals surface area (Å²) in [6.45, 7) is 5.30. The zero-order valence-corrected chi connectivity index (χ0v) is 12.8.